The number of hydrogen-bond donors (Lipinski definition) is 0. The molecule has 1 aromatic carbocycles. The van der Waals surface area contributed by atoms with E-state index in [1.54, 1.807) is 0 Å². The van der Waals surface area contributed by atoms with Gasteiger partial charge in [-0.25, -0.2) is 0 Å². The Morgan fingerprint density at radius 3 is 3.00 bits per heavy atom. The summed E-state index contributed by atoms with van der Waals surface area (Å²) in [6.45, 7) is 1.74. The van der Waals surface area contributed by atoms with Crippen LogP contribution >= 0.6 is 0 Å². The van der Waals surface area contributed by atoms with Gasteiger partial charge in [-0.05, 0) is 30.9 Å². The Labute approximate surface area is 101 Å². The molecule has 0 amide bonds. The number of ketones is 1. The average Bonchev–Trinajstić information content (AvgIpc) is 2.51. The van der Waals surface area contributed by atoms with Gasteiger partial charge in [0.1, 0.15) is 5.75 Å². The van der Waals surface area contributed by atoms with E-state index >= 15 is 0 Å². The van der Waals surface area contributed by atoms with E-state index in [4.69, 9.17) is 4.74 Å². The van der Waals surface area contributed by atoms with Crippen LogP contribution in [0.15, 0.2) is 12.1 Å². The molecule has 1 aromatic rings. The molecule has 0 radical (unpaired) electrons. The number of hydrogen-bond acceptors (Lipinski definition) is 3. The smallest absolute Gasteiger partial charge is 0.166 e. The largest absolute Gasteiger partial charge is 0.493 e. The third-order valence-corrected chi connectivity index (χ3v) is 3.64. The summed E-state index contributed by atoms with van der Waals surface area (Å²) in [5, 5.41) is 0. The Morgan fingerprint density at radius 1 is 1.24 bits per heavy atom. The third-order valence-electron chi connectivity index (χ3n) is 3.64. The maximum Gasteiger partial charge on any atom is 0.166 e. The maximum absolute atomic E-state index is 12.0. The van der Waals surface area contributed by atoms with Crippen LogP contribution < -0.4 is 9.64 Å². The SMILES string of the molecule is CN1CCCc2cc3c(cc21)OCCCC3=O. The van der Waals surface area contributed by atoms with E-state index < -0.39 is 0 Å². The van der Waals surface area contributed by atoms with Crippen molar-refractivity contribution >= 4 is 11.5 Å². The van der Waals surface area contributed by atoms with Crippen molar-refractivity contribution in [1.82, 2.24) is 0 Å². The van der Waals surface area contributed by atoms with Crippen LogP contribution in [0, 0.1) is 0 Å². The summed E-state index contributed by atoms with van der Waals surface area (Å²) < 4.78 is 5.69. The lowest BCUT2D eigenvalue weighted by molar-refractivity contribution is 0.0983. The fourth-order valence-electron chi connectivity index (χ4n) is 2.68. The third kappa shape index (κ3) is 1.79. The van der Waals surface area contributed by atoms with Crippen LogP contribution in [0.5, 0.6) is 5.75 Å². The molecule has 0 aliphatic carbocycles. The molecule has 90 valence electrons. The summed E-state index contributed by atoms with van der Waals surface area (Å²) in [6.07, 6.45) is 3.67. The first-order valence-corrected chi connectivity index (χ1v) is 6.30. The molecule has 2 heterocycles. The van der Waals surface area contributed by atoms with Gasteiger partial charge in [0.2, 0.25) is 0 Å². The van der Waals surface area contributed by atoms with Gasteiger partial charge < -0.3 is 9.64 Å². The van der Waals surface area contributed by atoms with E-state index in [9.17, 15) is 4.79 Å². The molecular formula is C14H17NO2. The van der Waals surface area contributed by atoms with Crippen molar-refractivity contribution in [3.8, 4) is 5.75 Å². The first-order chi connectivity index (χ1) is 8.25. The molecule has 0 unspecified atom stereocenters. The van der Waals surface area contributed by atoms with Crippen molar-refractivity contribution in [2.75, 3.05) is 25.1 Å². The van der Waals surface area contributed by atoms with Crippen LogP contribution in [-0.4, -0.2) is 26.0 Å². The lowest BCUT2D eigenvalue weighted by Gasteiger charge is -2.28. The standard InChI is InChI=1S/C14H17NO2/c1-15-6-2-4-10-8-11-13(16)5-3-7-17-14(11)9-12(10)15/h8-9H,2-7H2,1H3. The molecule has 2 aliphatic rings. The van der Waals surface area contributed by atoms with Crippen LogP contribution in [0.4, 0.5) is 5.69 Å². The van der Waals surface area contributed by atoms with E-state index in [0.717, 1.165) is 37.1 Å². The van der Waals surface area contributed by atoms with Gasteiger partial charge in [0.15, 0.2) is 5.78 Å². The topological polar surface area (TPSA) is 29.5 Å². The molecule has 0 aromatic heterocycles. The molecular weight excluding hydrogens is 214 g/mol. The Balaban J connectivity index is 2.11. The number of aryl methyl sites for hydroxylation is 1. The van der Waals surface area contributed by atoms with Crippen LogP contribution in [-0.2, 0) is 6.42 Å². The van der Waals surface area contributed by atoms with Gasteiger partial charge >= 0.3 is 0 Å². The monoisotopic (exact) mass is 231 g/mol. The summed E-state index contributed by atoms with van der Waals surface area (Å²) in [5.74, 6) is 1.01. The average molecular weight is 231 g/mol. The zero-order valence-electron chi connectivity index (χ0n) is 10.2. The number of carbonyl (C=O) groups is 1. The van der Waals surface area contributed by atoms with E-state index in [1.165, 1.54) is 11.3 Å². The summed E-state index contributed by atoms with van der Waals surface area (Å²) >= 11 is 0. The predicted octanol–water partition coefficient (Wildman–Crippen LogP) is 2.42. The molecule has 0 saturated heterocycles. The fraction of sp³-hybridized carbons (Fsp3) is 0.500. The first kappa shape index (κ1) is 10.6. The number of rotatable bonds is 0. The Kier molecular flexibility index (Phi) is 2.54. The zero-order chi connectivity index (χ0) is 11.8. The number of fused-ring (bicyclic) bond motifs is 2. The van der Waals surface area contributed by atoms with Crippen molar-refractivity contribution in [2.24, 2.45) is 0 Å². The van der Waals surface area contributed by atoms with Crippen LogP contribution in [0.1, 0.15) is 35.2 Å². The Morgan fingerprint density at radius 2 is 2.12 bits per heavy atom. The van der Waals surface area contributed by atoms with Gasteiger partial charge in [0, 0.05) is 31.8 Å². The highest BCUT2D eigenvalue weighted by molar-refractivity contribution is 5.99. The second-order valence-corrected chi connectivity index (χ2v) is 4.88. The molecule has 0 atom stereocenters. The molecule has 2 aliphatic heterocycles. The molecule has 0 spiro atoms. The van der Waals surface area contributed by atoms with Crippen molar-refractivity contribution < 1.29 is 9.53 Å². The zero-order valence-corrected chi connectivity index (χ0v) is 10.2. The Hall–Kier alpha value is -1.51. The first-order valence-electron chi connectivity index (χ1n) is 6.30. The van der Waals surface area contributed by atoms with E-state index in [2.05, 4.69) is 11.9 Å². The molecule has 0 fully saturated rings. The molecule has 3 rings (SSSR count). The molecule has 3 nitrogen and oxygen atoms in total. The quantitative estimate of drug-likeness (QED) is 0.686. The second-order valence-electron chi connectivity index (χ2n) is 4.88. The maximum atomic E-state index is 12.0. The number of nitrogens with zero attached hydrogens (tertiary/aromatic N) is 1. The number of benzene rings is 1. The minimum absolute atomic E-state index is 0.230. The predicted molar refractivity (Wildman–Crippen MR) is 67.1 cm³/mol. The number of carbonyl (C=O) groups excluding carboxylic acids is 1. The molecule has 3 heteroatoms. The highest BCUT2D eigenvalue weighted by Gasteiger charge is 2.22. The highest BCUT2D eigenvalue weighted by atomic mass is 16.5. The number of anilines is 1. The van der Waals surface area contributed by atoms with Crippen molar-refractivity contribution in [3.05, 3.63) is 23.3 Å². The normalized spacial score (nSPS) is 19.1. The molecule has 0 N–H and O–H groups in total. The van der Waals surface area contributed by atoms with Gasteiger partial charge in [-0.3, -0.25) is 4.79 Å². The highest BCUT2D eigenvalue weighted by Crippen LogP contribution is 2.35. The number of Topliss-reactive ketones (excluding diaryl/α,β-unsaturated/α-hetero) is 1. The molecule has 17 heavy (non-hydrogen) atoms. The lowest BCUT2D eigenvalue weighted by Crippen LogP contribution is -2.25. The van der Waals surface area contributed by atoms with Gasteiger partial charge in [-0.1, -0.05) is 0 Å². The van der Waals surface area contributed by atoms with E-state index in [-0.39, 0.29) is 5.78 Å². The van der Waals surface area contributed by atoms with Crippen molar-refractivity contribution in [1.29, 1.82) is 0 Å². The van der Waals surface area contributed by atoms with Crippen molar-refractivity contribution in [2.45, 2.75) is 25.7 Å². The van der Waals surface area contributed by atoms with E-state index in [0.29, 0.717) is 13.0 Å². The lowest BCUT2D eigenvalue weighted by atomic mass is 9.96. The van der Waals surface area contributed by atoms with E-state index in [1.807, 2.05) is 12.1 Å². The van der Waals surface area contributed by atoms with Crippen molar-refractivity contribution in [3.63, 3.8) is 0 Å². The molecule has 0 bridgehead atoms. The Bertz CT molecular complexity index is 468. The van der Waals surface area contributed by atoms with Crippen LogP contribution in [0.25, 0.3) is 0 Å². The summed E-state index contributed by atoms with van der Waals surface area (Å²) in [5.41, 5.74) is 3.30. The number of ether oxygens (including phenoxy) is 1. The minimum atomic E-state index is 0.230. The molecule has 0 saturated carbocycles. The minimum Gasteiger partial charge on any atom is -0.493 e. The summed E-state index contributed by atoms with van der Waals surface area (Å²) in [7, 11) is 2.10. The fourth-order valence-corrected chi connectivity index (χ4v) is 2.68. The van der Waals surface area contributed by atoms with Gasteiger partial charge in [0.05, 0.1) is 12.2 Å². The van der Waals surface area contributed by atoms with Crippen LogP contribution in [0.3, 0.4) is 0 Å². The van der Waals surface area contributed by atoms with Crippen LogP contribution in [0.2, 0.25) is 0 Å². The summed E-state index contributed by atoms with van der Waals surface area (Å²) in [4.78, 5) is 14.2. The van der Waals surface area contributed by atoms with Gasteiger partial charge in [-0.2, -0.15) is 0 Å². The second kappa shape index (κ2) is 4.06. The van der Waals surface area contributed by atoms with Gasteiger partial charge in [-0.15, -0.1) is 0 Å². The van der Waals surface area contributed by atoms with Gasteiger partial charge in [0.25, 0.3) is 0 Å². The summed E-state index contributed by atoms with van der Waals surface area (Å²) in [6, 6.07) is 4.10.